The zero-order valence-corrected chi connectivity index (χ0v) is 12.0. The third kappa shape index (κ3) is 7.24. The van der Waals surface area contributed by atoms with Crippen LogP contribution in [-0.4, -0.2) is 10.5 Å². The van der Waals surface area contributed by atoms with Crippen LogP contribution in [0.4, 0.5) is 0 Å². The van der Waals surface area contributed by atoms with E-state index >= 15 is 0 Å². The quantitative estimate of drug-likeness (QED) is 0.560. The summed E-state index contributed by atoms with van der Waals surface area (Å²) in [6.45, 7) is 8.37. The molecule has 0 aromatic rings. The summed E-state index contributed by atoms with van der Waals surface area (Å²) < 4.78 is 5.52. The van der Waals surface area contributed by atoms with Gasteiger partial charge in [0.25, 0.3) is 0 Å². The zero-order valence-electron chi connectivity index (χ0n) is 9.36. The van der Waals surface area contributed by atoms with Crippen molar-refractivity contribution in [2.75, 3.05) is 0 Å². The number of rotatable bonds is 6. The highest BCUT2D eigenvalue weighted by Crippen LogP contribution is 2.52. The smallest absolute Gasteiger partial charge is 0.242 e. The molecule has 2 unspecified atom stereocenters. The fourth-order valence-corrected chi connectivity index (χ4v) is 3.74. The molecule has 0 amide bonds. The van der Waals surface area contributed by atoms with Crippen LogP contribution in [-0.2, 0) is 16.3 Å². The Balaban J connectivity index is 4.46. The van der Waals surface area contributed by atoms with Crippen LogP contribution < -0.4 is 0 Å². The topological polar surface area (TPSA) is 29.5 Å². The highest BCUT2D eigenvalue weighted by Gasteiger charge is 2.30. The normalized spacial score (nSPS) is 20.5. The van der Waals surface area contributed by atoms with Gasteiger partial charge in [-0.05, 0) is 37.5 Å². The van der Waals surface area contributed by atoms with E-state index in [2.05, 4.69) is 33.0 Å². The summed E-state index contributed by atoms with van der Waals surface area (Å²) in [5, 5.41) is 0. The monoisotopic (exact) mass is 256 g/mol. The predicted octanol–water partition coefficient (Wildman–Crippen LogP) is 3.75. The van der Waals surface area contributed by atoms with Crippen LogP contribution in [0.2, 0.25) is 0 Å². The molecule has 0 aromatic heterocycles. The van der Waals surface area contributed by atoms with E-state index in [0.717, 1.165) is 19.3 Å². The van der Waals surface area contributed by atoms with Crippen LogP contribution in [0.3, 0.4) is 0 Å². The molecule has 86 valence electrons. The molecule has 5 heteroatoms. The maximum Gasteiger partial charge on any atom is 0.242 e. The third-order valence-corrected chi connectivity index (χ3v) is 3.11. The molecule has 14 heavy (non-hydrogen) atoms. The summed E-state index contributed by atoms with van der Waals surface area (Å²) in [7, 11) is 0. The molecule has 0 aliphatic carbocycles. The first kappa shape index (κ1) is 14.9. The summed E-state index contributed by atoms with van der Waals surface area (Å²) in [6, 6.07) is 0. The fourth-order valence-electron chi connectivity index (χ4n) is 1.86. The van der Waals surface area contributed by atoms with Gasteiger partial charge in [0.15, 0.2) is 0 Å². The summed E-state index contributed by atoms with van der Waals surface area (Å²) in [4.78, 5) is 9.46. The molecule has 0 aliphatic rings. The van der Waals surface area contributed by atoms with Gasteiger partial charge < -0.3 is 9.42 Å². The minimum Gasteiger partial charge on any atom is -0.338 e. The van der Waals surface area contributed by atoms with Gasteiger partial charge in [-0.25, -0.2) is 0 Å². The molecule has 2 nitrogen and oxygen atoms in total. The van der Waals surface area contributed by atoms with Crippen molar-refractivity contribution in [3.05, 3.63) is 0 Å². The Labute approximate surface area is 97.8 Å². The lowest BCUT2D eigenvalue weighted by atomic mass is 9.90. The molecular weight excluding hydrogens is 235 g/mol. The van der Waals surface area contributed by atoms with E-state index in [4.69, 9.17) is 16.3 Å². The molecule has 0 saturated carbocycles. The van der Waals surface area contributed by atoms with Crippen LogP contribution in [0.15, 0.2) is 0 Å². The SMILES string of the molecule is CCCC(C)(CC(C)C)OP(O)(=S)S. The van der Waals surface area contributed by atoms with Crippen molar-refractivity contribution in [1.29, 1.82) is 0 Å². The minimum absolute atomic E-state index is 0.324. The van der Waals surface area contributed by atoms with E-state index < -0.39 is 5.69 Å². The van der Waals surface area contributed by atoms with Crippen molar-refractivity contribution >= 4 is 29.7 Å². The number of hydrogen-bond acceptors (Lipinski definition) is 2. The molecule has 0 spiro atoms. The Morgan fingerprint density at radius 1 is 1.57 bits per heavy atom. The van der Waals surface area contributed by atoms with Crippen molar-refractivity contribution in [3.63, 3.8) is 0 Å². The lowest BCUT2D eigenvalue weighted by Gasteiger charge is -2.33. The molecule has 0 saturated heterocycles. The molecule has 0 aliphatic heterocycles. The molecule has 0 bridgehead atoms. The molecule has 0 fully saturated rings. The Hall–Kier alpha value is 0.920. The van der Waals surface area contributed by atoms with Gasteiger partial charge in [-0.15, -0.1) is 0 Å². The number of hydrogen-bond donors (Lipinski definition) is 2. The average molecular weight is 256 g/mol. The van der Waals surface area contributed by atoms with E-state index in [-0.39, 0.29) is 5.60 Å². The Morgan fingerprint density at radius 3 is 2.36 bits per heavy atom. The zero-order chi connectivity index (χ0) is 11.4. The van der Waals surface area contributed by atoms with Gasteiger partial charge in [-0.1, -0.05) is 39.4 Å². The van der Waals surface area contributed by atoms with Crippen LogP contribution in [0, 0.1) is 5.92 Å². The first-order chi connectivity index (χ1) is 6.18. The molecule has 1 N–H and O–H groups in total. The largest absolute Gasteiger partial charge is 0.338 e. The van der Waals surface area contributed by atoms with E-state index in [1.807, 2.05) is 6.92 Å². The van der Waals surface area contributed by atoms with Crippen molar-refractivity contribution in [2.45, 2.75) is 52.6 Å². The molecular formula is C9H21O2PS2. The van der Waals surface area contributed by atoms with Crippen LogP contribution in [0.1, 0.15) is 47.0 Å². The van der Waals surface area contributed by atoms with E-state index in [1.54, 1.807) is 0 Å². The van der Waals surface area contributed by atoms with Gasteiger partial charge in [-0.3, -0.25) is 0 Å². The minimum atomic E-state index is -2.85. The molecule has 0 heterocycles. The van der Waals surface area contributed by atoms with Gasteiger partial charge in [-0.2, -0.15) is 0 Å². The van der Waals surface area contributed by atoms with Gasteiger partial charge in [0.05, 0.1) is 5.60 Å². The lowest BCUT2D eigenvalue weighted by Crippen LogP contribution is -2.28. The maximum atomic E-state index is 9.46. The summed E-state index contributed by atoms with van der Waals surface area (Å²) in [6.07, 6.45) is 2.83. The van der Waals surface area contributed by atoms with Crippen molar-refractivity contribution in [2.24, 2.45) is 5.92 Å². The van der Waals surface area contributed by atoms with Crippen molar-refractivity contribution < 1.29 is 9.42 Å². The lowest BCUT2D eigenvalue weighted by molar-refractivity contribution is 0.0617. The van der Waals surface area contributed by atoms with Crippen LogP contribution in [0.25, 0.3) is 0 Å². The van der Waals surface area contributed by atoms with Crippen LogP contribution in [0.5, 0.6) is 0 Å². The Morgan fingerprint density at radius 2 is 2.07 bits per heavy atom. The van der Waals surface area contributed by atoms with Crippen molar-refractivity contribution in [1.82, 2.24) is 0 Å². The highest BCUT2D eigenvalue weighted by molar-refractivity contribution is 8.59. The first-order valence-electron chi connectivity index (χ1n) is 4.95. The number of thiol groups is 1. The second-order valence-corrected chi connectivity index (χ2v) is 9.47. The molecule has 2 atom stereocenters. The second-order valence-electron chi connectivity index (χ2n) is 4.38. The maximum absolute atomic E-state index is 9.46. The van der Waals surface area contributed by atoms with E-state index in [9.17, 15) is 4.89 Å². The summed E-state index contributed by atoms with van der Waals surface area (Å²) in [5.74, 6) is 0.529. The molecule has 0 radical (unpaired) electrons. The summed E-state index contributed by atoms with van der Waals surface area (Å²) >= 11 is 8.73. The summed E-state index contributed by atoms with van der Waals surface area (Å²) in [5.41, 5.74) is -3.17. The first-order valence-corrected chi connectivity index (χ1v) is 8.77. The third-order valence-electron chi connectivity index (χ3n) is 1.96. The van der Waals surface area contributed by atoms with Gasteiger partial charge in [0, 0.05) is 0 Å². The highest BCUT2D eigenvalue weighted by atomic mass is 32.9. The van der Waals surface area contributed by atoms with Crippen molar-refractivity contribution in [3.8, 4) is 0 Å². The van der Waals surface area contributed by atoms with Gasteiger partial charge >= 0.3 is 0 Å². The van der Waals surface area contributed by atoms with E-state index in [1.165, 1.54) is 0 Å². The molecule has 0 aromatic carbocycles. The fraction of sp³-hybridized carbons (Fsp3) is 1.00. The van der Waals surface area contributed by atoms with E-state index in [0.29, 0.717) is 5.92 Å². The van der Waals surface area contributed by atoms with Gasteiger partial charge in [0.2, 0.25) is 5.69 Å². The Bertz CT molecular complexity index is 215. The molecule has 0 rings (SSSR count). The standard InChI is InChI=1S/C9H21O2PS2/c1-5-6-9(4,7-8(2)3)11-12(10,13)14/h8H,5-7H2,1-4H3,(H2,10,13,14). The second kappa shape index (κ2) is 5.86. The van der Waals surface area contributed by atoms with Gasteiger partial charge in [0.1, 0.15) is 0 Å². The predicted molar refractivity (Wildman–Crippen MR) is 69.3 cm³/mol. The Kier molecular flexibility index (Phi) is 6.24. The average Bonchev–Trinajstić information content (AvgIpc) is 1.78. The van der Waals surface area contributed by atoms with Crippen LogP contribution >= 0.6 is 17.9 Å².